The van der Waals surface area contributed by atoms with Crippen molar-refractivity contribution in [1.29, 1.82) is 0 Å². The van der Waals surface area contributed by atoms with E-state index in [0.717, 1.165) is 42.0 Å². The molecule has 1 fully saturated rings. The Morgan fingerprint density at radius 2 is 2.03 bits per heavy atom. The van der Waals surface area contributed by atoms with E-state index < -0.39 is 0 Å². The van der Waals surface area contributed by atoms with Crippen molar-refractivity contribution in [2.75, 3.05) is 19.7 Å². The third-order valence-corrected chi connectivity index (χ3v) is 5.98. The maximum absolute atomic E-state index is 12.4. The molecular weight excluding hydrogens is 386 g/mol. The number of hydrogen-bond acceptors (Lipinski definition) is 3. The highest BCUT2D eigenvalue weighted by atomic mass is 16.5. The smallest absolute Gasteiger partial charge is 0.223 e. The van der Waals surface area contributed by atoms with Gasteiger partial charge in [0.2, 0.25) is 5.91 Å². The zero-order valence-corrected chi connectivity index (χ0v) is 18.5. The number of rotatable bonds is 9. The van der Waals surface area contributed by atoms with E-state index in [4.69, 9.17) is 9.72 Å². The molecule has 0 radical (unpaired) electrons. The molecule has 1 amide bonds. The van der Waals surface area contributed by atoms with Gasteiger partial charge in [0.25, 0.3) is 0 Å². The fourth-order valence-corrected chi connectivity index (χ4v) is 4.43. The Morgan fingerprint density at radius 3 is 2.84 bits per heavy atom. The van der Waals surface area contributed by atoms with Crippen molar-refractivity contribution in [3.63, 3.8) is 0 Å². The van der Waals surface area contributed by atoms with Gasteiger partial charge in [-0.1, -0.05) is 35.9 Å². The Morgan fingerprint density at radius 1 is 1.19 bits per heavy atom. The molecule has 1 aromatic heterocycles. The number of fused-ring (bicyclic) bond motifs is 1. The second-order valence-electron chi connectivity index (χ2n) is 8.42. The maximum Gasteiger partial charge on any atom is 0.223 e. The summed E-state index contributed by atoms with van der Waals surface area (Å²) in [5, 5.41) is 0. The van der Waals surface area contributed by atoms with Crippen LogP contribution in [0.3, 0.4) is 0 Å². The number of aromatic nitrogens is 2. The van der Waals surface area contributed by atoms with Crippen LogP contribution >= 0.6 is 0 Å². The van der Waals surface area contributed by atoms with Crippen LogP contribution in [0.2, 0.25) is 0 Å². The van der Waals surface area contributed by atoms with E-state index in [1.165, 1.54) is 11.1 Å². The van der Waals surface area contributed by atoms with E-state index in [1.54, 1.807) is 6.08 Å². The van der Waals surface area contributed by atoms with E-state index in [-0.39, 0.29) is 11.8 Å². The highest BCUT2D eigenvalue weighted by Crippen LogP contribution is 2.30. The predicted octanol–water partition coefficient (Wildman–Crippen LogP) is 5.01. The number of likely N-dealkylation sites (tertiary alicyclic amines) is 1. The van der Waals surface area contributed by atoms with E-state index >= 15 is 0 Å². The van der Waals surface area contributed by atoms with Crippen LogP contribution in [0.15, 0.2) is 55.1 Å². The summed E-state index contributed by atoms with van der Waals surface area (Å²) >= 11 is 0. The van der Waals surface area contributed by atoms with Gasteiger partial charge in [-0.3, -0.25) is 4.79 Å². The van der Waals surface area contributed by atoms with Crippen LogP contribution in [-0.4, -0.2) is 40.1 Å². The van der Waals surface area contributed by atoms with Gasteiger partial charge >= 0.3 is 0 Å². The first-order valence-corrected chi connectivity index (χ1v) is 11.1. The van der Waals surface area contributed by atoms with Gasteiger partial charge in [0, 0.05) is 32.0 Å². The predicted molar refractivity (Wildman–Crippen MR) is 125 cm³/mol. The Labute approximate surface area is 184 Å². The van der Waals surface area contributed by atoms with Gasteiger partial charge in [0.15, 0.2) is 0 Å². The Hall–Kier alpha value is -3.08. The second-order valence-corrected chi connectivity index (χ2v) is 8.42. The summed E-state index contributed by atoms with van der Waals surface area (Å²) in [6.07, 6.45) is 4.27. The SMILES string of the molecule is C=CCN1C[C@@H](c2nc3ccccc3n2CCCCOc2ccc(C)cc2C)CC1=O. The molecule has 2 aromatic carbocycles. The number of para-hydroxylation sites is 2. The minimum absolute atomic E-state index is 0.131. The van der Waals surface area contributed by atoms with Gasteiger partial charge in [0.1, 0.15) is 11.6 Å². The number of benzene rings is 2. The molecule has 31 heavy (non-hydrogen) atoms. The molecule has 0 saturated carbocycles. The molecule has 0 aliphatic carbocycles. The zero-order chi connectivity index (χ0) is 21.8. The number of imidazole rings is 1. The fourth-order valence-electron chi connectivity index (χ4n) is 4.43. The fraction of sp³-hybridized carbons (Fsp3) is 0.385. The Balaban J connectivity index is 1.43. The molecule has 5 heteroatoms. The van der Waals surface area contributed by atoms with Gasteiger partial charge in [-0.2, -0.15) is 0 Å². The first-order chi connectivity index (χ1) is 15.1. The molecule has 162 valence electrons. The number of hydrogen-bond donors (Lipinski definition) is 0. The molecule has 1 aliphatic heterocycles. The van der Waals surface area contributed by atoms with Crippen LogP contribution in [0, 0.1) is 13.8 Å². The maximum atomic E-state index is 12.4. The van der Waals surface area contributed by atoms with Gasteiger partial charge < -0.3 is 14.2 Å². The lowest BCUT2D eigenvalue weighted by atomic mass is 10.1. The number of nitrogens with zero attached hydrogens (tertiary/aromatic N) is 3. The van der Waals surface area contributed by atoms with Crippen molar-refractivity contribution in [3.8, 4) is 5.75 Å². The van der Waals surface area contributed by atoms with E-state index in [1.807, 2.05) is 11.0 Å². The largest absolute Gasteiger partial charge is 0.493 e. The summed E-state index contributed by atoms with van der Waals surface area (Å²) in [7, 11) is 0. The number of ether oxygens (including phenoxy) is 1. The van der Waals surface area contributed by atoms with Crippen molar-refractivity contribution in [2.24, 2.45) is 0 Å². The second kappa shape index (κ2) is 9.38. The summed E-state index contributed by atoms with van der Waals surface area (Å²) < 4.78 is 8.31. The van der Waals surface area contributed by atoms with Crippen LogP contribution in [0.25, 0.3) is 11.0 Å². The molecule has 3 aromatic rings. The van der Waals surface area contributed by atoms with Crippen LogP contribution in [0.5, 0.6) is 5.75 Å². The van der Waals surface area contributed by atoms with E-state index in [9.17, 15) is 4.79 Å². The van der Waals surface area contributed by atoms with Crippen LogP contribution in [0.1, 0.15) is 42.1 Å². The topological polar surface area (TPSA) is 47.4 Å². The average Bonchev–Trinajstić information content (AvgIpc) is 3.30. The quantitative estimate of drug-likeness (QED) is 0.363. The van der Waals surface area contributed by atoms with Crippen molar-refractivity contribution in [1.82, 2.24) is 14.5 Å². The summed E-state index contributed by atoms with van der Waals surface area (Å²) in [5.74, 6) is 2.30. The molecule has 1 saturated heterocycles. The Kier molecular flexibility index (Phi) is 6.40. The standard InChI is InChI=1S/C26H31N3O2/c1-4-13-28-18-21(17-25(28)30)26-27-22-9-5-6-10-23(22)29(26)14-7-8-15-31-24-12-11-19(2)16-20(24)3/h4-6,9-12,16,21H,1,7-8,13-15,17-18H2,2-3H3/t21-/m0/s1. The summed E-state index contributed by atoms with van der Waals surface area (Å²) in [6, 6.07) is 14.5. The Bertz CT molecular complexity index is 1090. The zero-order valence-electron chi connectivity index (χ0n) is 18.5. The van der Waals surface area contributed by atoms with E-state index in [0.29, 0.717) is 26.1 Å². The highest BCUT2D eigenvalue weighted by molar-refractivity contribution is 5.81. The van der Waals surface area contributed by atoms with Crippen molar-refractivity contribution in [3.05, 3.63) is 72.1 Å². The molecule has 1 aliphatic rings. The number of unbranched alkanes of at least 4 members (excludes halogenated alkanes) is 1. The van der Waals surface area contributed by atoms with E-state index in [2.05, 4.69) is 61.4 Å². The highest BCUT2D eigenvalue weighted by Gasteiger charge is 2.33. The normalized spacial score (nSPS) is 16.3. The lowest BCUT2D eigenvalue weighted by molar-refractivity contribution is -0.127. The number of aryl methyl sites for hydroxylation is 3. The van der Waals surface area contributed by atoms with Gasteiger partial charge in [-0.05, 0) is 50.5 Å². The monoisotopic (exact) mass is 417 g/mol. The molecule has 0 bridgehead atoms. The molecule has 2 heterocycles. The third kappa shape index (κ3) is 4.66. The van der Waals surface area contributed by atoms with Gasteiger partial charge in [0.05, 0.1) is 17.6 Å². The van der Waals surface area contributed by atoms with Crippen LogP contribution in [-0.2, 0) is 11.3 Å². The van der Waals surface area contributed by atoms with Crippen LogP contribution in [0.4, 0.5) is 0 Å². The summed E-state index contributed by atoms with van der Waals surface area (Å²) in [4.78, 5) is 19.2. The minimum Gasteiger partial charge on any atom is -0.493 e. The first kappa shape index (κ1) is 21.2. The van der Waals surface area contributed by atoms with Gasteiger partial charge in [-0.25, -0.2) is 4.98 Å². The third-order valence-electron chi connectivity index (χ3n) is 5.98. The number of carbonyl (C=O) groups excluding carboxylic acids is 1. The average molecular weight is 418 g/mol. The van der Waals surface area contributed by atoms with Gasteiger partial charge in [-0.15, -0.1) is 6.58 Å². The van der Waals surface area contributed by atoms with Crippen molar-refractivity contribution in [2.45, 2.75) is 45.6 Å². The van der Waals surface area contributed by atoms with Crippen molar-refractivity contribution >= 4 is 16.9 Å². The van der Waals surface area contributed by atoms with Crippen molar-refractivity contribution < 1.29 is 9.53 Å². The summed E-state index contributed by atoms with van der Waals surface area (Å²) in [5.41, 5.74) is 4.57. The molecule has 1 atom stereocenters. The molecule has 0 N–H and O–H groups in total. The molecule has 5 nitrogen and oxygen atoms in total. The molecule has 0 spiro atoms. The summed E-state index contributed by atoms with van der Waals surface area (Å²) in [6.45, 7) is 10.8. The minimum atomic E-state index is 0.131. The molecule has 4 rings (SSSR count). The number of carbonyl (C=O) groups is 1. The molecule has 0 unspecified atom stereocenters. The lowest BCUT2D eigenvalue weighted by Crippen LogP contribution is -2.25. The van der Waals surface area contributed by atoms with Crippen LogP contribution < -0.4 is 4.74 Å². The first-order valence-electron chi connectivity index (χ1n) is 11.1. The lowest BCUT2D eigenvalue weighted by Gasteiger charge is -2.16. The molecular formula is C26H31N3O2. The number of amides is 1.